The van der Waals surface area contributed by atoms with Crippen LogP contribution in [0.1, 0.15) is 22.3 Å². The Morgan fingerprint density at radius 3 is 2.69 bits per heavy atom. The van der Waals surface area contributed by atoms with Crippen molar-refractivity contribution in [1.82, 2.24) is 0 Å². The monoisotopic (exact) mass is 230 g/mol. The highest BCUT2D eigenvalue weighted by Gasteiger charge is 2.17. The number of benzene rings is 1. The van der Waals surface area contributed by atoms with Gasteiger partial charge in [-0.1, -0.05) is 0 Å². The largest absolute Gasteiger partial charge is 0.465 e. The van der Waals surface area contributed by atoms with Gasteiger partial charge in [0.25, 0.3) is 0 Å². The molecule has 0 aliphatic rings. The van der Waals surface area contributed by atoms with Gasteiger partial charge in [-0.2, -0.15) is 0 Å². The maximum atomic E-state index is 13.2. The fourth-order valence-corrected chi connectivity index (χ4v) is 1.33. The lowest BCUT2D eigenvalue weighted by atomic mass is 10.1. The van der Waals surface area contributed by atoms with Gasteiger partial charge in [0, 0.05) is 6.61 Å². The van der Waals surface area contributed by atoms with Crippen LogP contribution >= 0.6 is 0 Å². The summed E-state index contributed by atoms with van der Waals surface area (Å²) in [5.74, 6) is -3.21. The number of hydrogen-bond donors (Lipinski definition) is 1. The topological polar surface area (TPSA) is 46.5 Å². The number of aryl methyl sites for hydroxylation is 1. The van der Waals surface area contributed by atoms with Gasteiger partial charge in [0.1, 0.15) is 0 Å². The number of ether oxygens (including phenoxy) is 1. The lowest BCUT2D eigenvalue weighted by Crippen LogP contribution is -2.07. The molecule has 1 aromatic rings. The first-order valence-electron chi connectivity index (χ1n) is 4.77. The number of carbonyl (C=O) groups is 1. The first kappa shape index (κ1) is 12.6. The Balaban J connectivity index is 3.06. The summed E-state index contributed by atoms with van der Waals surface area (Å²) >= 11 is 0. The van der Waals surface area contributed by atoms with Gasteiger partial charge in [-0.25, -0.2) is 13.6 Å². The molecule has 5 heteroatoms. The average molecular weight is 230 g/mol. The molecule has 0 aliphatic heterocycles. The Hall–Kier alpha value is -1.49. The molecule has 1 rings (SSSR count). The van der Waals surface area contributed by atoms with Crippen LogP contribution in [0.5, 0.6) is 0 Å². The highest BCUT2D eigenvalue weighted by atomic mass is 19.2. The third kappa shape index (κ3) is 2.76. The van der Waals surface area contributed by atoms with E-state index in [1.165, 1.54) is 6.07 Å². The number of hydrogen-bond acceptors (Lipinski definition) is 3. The molecule has 88 valence electrons. The van der Waals surface area contributed by atoms with Crippen molar-refractivity contribution in [2.75, 3.05) is 13.7 Å². The molecular weight excluding hydrogens is 218 g/mol. The zero-order valence-electron chi connectivity index (χ0n) is 8.80. The van der Waals surface area contributed by atoms with Crippen LogP contribution in [-0.4, -0.2) is 24.8 Å². The summed E-state index contributed by atoms with van der Waals surface area (Å²) in [7, 11) is 1.10. The van der Waals surface area contributed by atoms with Crippen LogP contribution in [-0.2, 0) is 11.2 Å². The van der Waals surface area contributed by atoms with Crippen LogP contribution in [0.25, 0.3) is 0 Å². The number of methoxy groups -OCH3 is 1. The Kier molecular flexibility index (Phi) is 4.37. The molecule has 0 saturated heterocycles. The van der Waals surface area contributed by atoms with Crippen molar-refractivity contribution in [2.24, 2.45) is 0 Å². The van der Waals surface area contributed by atoms with Crippen molar-refractivity contribution in [1.29, 1.82) is 0 Å². The van der Waals surface area contributed by atoms with E-state index in [1.807, 2.05) is 0 Å². The Labute approximate surface area is 91.7 Å². The molecule has 0 fully saturated rings. The van der Waals surface area contributed by atoms with E-state index in [0.717, 1.165) is 13.2 Å². The maximum Gasteiger partial charge on any atom is 0.340 e. The average Bonchev–Trinajstić information content (AvgIpc) is 2.29. The number of carbonyl (C=O) groups excluding carboxylic acids is 1. The van der Waals surface area contributed by atoms with Crippen LogP contribution in [0.15, 0.2) is 12.1 Å². The molecule has 1 N–H and O–H groups in total. The van der Waals surface area contributed by atoms with Crippen LogP contribution in [0.2, 0.25) is 0 Å². The van der Waals surface area contributed by atoms with E-state index < -0.39 is 23.2 Å². The summed E-state index contributed by atoms with van der Waals surface area (Å²) in [6.45, 7) is -0.0491. The lowest BCUT2D eigenvalue weighted by Gasteiger charge is -2.06. The van der Waals surface area contributed by atoms with E-state index in [2.05, 4.69) is 4.74 Å². The van der Waals surface area contributed by atoms with Gasteiger partial charge in [-0.3, -0.25) is 0 Å². The van der Waals surface area contributed by atoms with Crippen molar-refractivity contribution < 1.29 is 23.4 Å². The molecule has 0 unspecified atom stereocenters. The molecule has 0 radical (unpaired) electrons. The van der Waals surface area contributed by atoms with Crippen LogP contribution < -0.4 is 0 Å². The van der Waals surface area contributed by atoms with E-state index in [9.17, 15) is 13.6 Å². The Morgan fingerprint density at radius 1 is 1.44 bits per heavy atom. The molecule has 0 bridgehead atoms. The second-order valence-electron chi connectivity index (χ2n) is 3.26. The smallest absolute Gasteiger partial charge is 0.340 e. The normalized spacial score (nSPS) is 10.2. The molecule has 0 aliphatic carbocycles. The second kappa shape index (κ2) is 5.55. The summed E-state index contributed by atoms with van der Waals surface area (Å²) in [5, 5.41) is 8.62. The van der Waals surface area contributed by atoms with Gasteiger partial charge >= 0.3 is 5.97 Å². The van der Waals surface area contributed by atoms with Crippen molar-refractivity contribution in [2.45, 2.75) is 12.8 Å². The summed E-state index contributed by atoms with van der Waals surface area (Å²) in [4.78, 5) is 11.1. The van der Waals surface area contributed by atoms with Gasteiger partial charge in [0.15, 0.2) is 11.6 Å². The Morgan fingerprint density at radius 2 is 2.12 bits per heavy atom. The van der Waals surface area contributed by atoms with Gasteiger partial charge < -0.3 is 9.84 Å². The Bertz CT molecular complexity index is 391. The molecule has 0 atom stereocenters. The fourth-order valence-electron chi connectivity index (χ4n) is 1.33. The quantitative estimate of drug-likeness (QED) is 0.800. The van der Waals surface area contributed by atoms with Crippen LogP contribution in [0, 0.1) is 11.6 Å². The number of esters is 1. The number of rotatable bonds is 4. The molecule has 16 heavy (non-hydrogen) atoms. The number of halogens is 2. The molecular formula is C11H12F2O3. The molecule has 0 aromatic heterocycles. The highest BCUT2D eigenvalue weighted by Crippen LogP contribution is 2.17. The van der Waals surface area contributed by atoms with Crippen molar-refractivity contribution in [3.63, 3.8) is 0 Å². The lowest BCUT2D eigenvalue weighted by molar-refractivity contribution is 0.0594. The molecule has 0 heterocycles. The van der Waals surface area contributed by atoms with Crippen molar-refractivity contribution >= 4 is 5.97 Å². The zero-order chi connectivity index (χ0) is 12.1. The van der Waals surface area contributed by atoms with Gasteiger partial charge in [0.05, 0.1) is 12.7 Å². The maximum absolute atomic E-state index is 13.2. The predicted octanol–water partition coefficient (Wildman–Crippen LogP) is 1.68. The minimum Gasteiger partial charge on any atom is -0.465 e. The standard InChI is InChI=1S/C11H12F2O3/c1-16-11(15)8-5-7(3-2-4-14)6-9(12)10(8)13/h5-6,14H,2-4H2,1H3. The van der Waals surface area contributed by atoms with E-state index >= 15 is 0 Å². The van der Waals surface area contributed by atoms with E-state index in [1.54, 1.807) is 0 Å². The molecule has 0 amide bonds. The third-order valence-corrected chi connectivity index (χ3v) is 2.12. The van der Waals surface area contributed by atoms with Crippen LogP contribution in [0.3, 0.4) is 0 Å². The summed E-state index contributed by atoms with van der Waals surface area (Å²) in [5.41, 5.74) is 0.0313. The summed E-state index contributed by atoms with van der Waals surface area (Å²) in [6, 6.07) is 2.25. The molecule has 3 nitrogen and oxygen atoms in total. The van der Waals surface area contributed by atoms with Gasteiger partial charge in [-0.05, 0) is 30.5 Å². The van der Waals surface area contributed by atoms with E-state index in [0.29, 0.717) is 18.4 Å². The first-order valence-corrected chi connectivity index (χ1v) is 4.77. The minimum absolute atomic E-state index is 0.0491. The first-order chi connectivity index (χ1) is 7.60. The molecule has 1 aromatic carbocycles. The highest BCUT2D eigenvalue weighted by molar-refractivity contribution is 5.89. The van der Waals surface area contributed by atoms with Crippen LogP contribution in [0.4, 0.5) is 8.78 Å². The van der Waals surface area contributed by atoms with Gasteiger partial charge in [-0.15, -0.1) is 0 Å². The number of aliphatic hydroxyl groups is 1. The van der Waals surface area contributed by atoms with Gasteiger partial charge in [0.2, 0.25) is 0 Å². The van der Waals surface area contributed by atoms with Crippen molar-refractivity contribution in [3.8, 4) is 0 Å². The summed E-state index contributed by atoms with van der Waals surface area (Å²) < 4.78 is 30.7. The fraction of sp³-hybridized carbons (Fsp3) is 0.364. The van der Waals surface area contributed by atoms with Crippen molar-refractivity contribution in [3.05, 3.63) is 34.9 Å². The predicted molar refractivity (Wildman–Crippen MR) is 53.1 cm³/mol. The second-order valence-corrected chi connectivity index (χ2v) is 3.26. The zero-order valence-corrected chi connectivity index (χ0v) is 8.80. The SMILES string of the molecule is COC(=O)c1cc(CCCO)cc(F)c1F. The third-order valence-electron chi connectivity index (χ3n) is 2.12. The van der Waals surface area contributed by atoms with E-state index in [-0.39, 0.29) is 6.61 Å². The summed E-state index contributed by atoms with van der Waals surface area (Å²) in [6.07, 6.45) is 0.795. The van der Waals surface area contributed by atoms with E-state index in [4.69, 9.17) is 5.11 Å². The molecule has 0 saturated carbocycles. The number of aliphatic hydroxyl groups excluding tert-OH is 1. The molecule has 0 spiro atoms. The minimum atomic E-state index is -1.21.